The van der Waals surface area contributed by atoms with Crippen LogP contribution in [0.3, 0.4) is 0 Å². The average Bonchev–Trinajstić information content (AvgIpc) is 2.88. The van der Waals surface area contributed by atoms with Crippen molar-refractivity contribution >= 4 is 0 Å². The van der Waals surface area contributed by atoms with E-state index in [-0.39, 0.29) is 0 Å². The van der Waals surface area contributed by atoms with Gasteiger partial charge in [-0.1, -0.05) is 19.0 Å². The molecule has 0 aliphatic carbocycles. The van der Waals surface area contributed by atoms with Crippen molar-refractivity contribution in [1.82, 2.24) is 15.1 Å². The smallest absolute Gasteiger partial charge is 0.247 e. The van der Waals surface area contributed by atoms with E-state index in [1.54, 1.807) is 12.4 Å². The summed E-state index contributed by atoms with van der Waals surface area (Å²) in [6.45, 7) is 6.00. The van der Waals surface area contributed by atoms with Gasteiger partial charge in [0.2, 0.25) is 11.7 Å². The summed E-state index contributed by atoms with van der Waals surface area (Å²) in [7, 11) is 0. The predicted octanol–water partition coefficient (Wildman–Crippen LogP) is 2.41. The van der Waals surface area contributed by atoms with Crippen molar-refractivity contribution in [1.29, 1.82) is 0 Å². The Morgan fingerprint density at radius 3 is 2.67 bits per heavy atom. The number of hydrogen-bond acceptors (Lipinski definition) is 5. The maximum atomic E-state index is 6.24. The van der Waals surface area contributed by atoms with Gasteiger partial charge in [0.15, 0.2) is 0 Å². The summed E-state index contributed by atoms with van der Waals surface area (Å²) in [5, 5.41) is 4.02. The maximum absolute atomic E-state index is 6.24. The first kappa shape index (κ1) is 12.7. The summed E-state index contributed by atoms with van der Waals surface area (Å²) in [5.41, 5.74) is 7.64. The third kappa shape index (κ3) is 2.13. The third-order valence-corrected chi connectivity index (χ3v) is 3.37. The molecule has 5 nitrogen and oxygen atoms in total. The van der Waals surface area contributed by atoms with Crippen LogP contribution in [0.25, 0.3) is 11.4 Å². The normalized spacial score (nSPS) is 11.8. The number of nitrogens with two attached hydrogens (primary N) is 1. The topological polar surface area (TPSA) is 77.8 Å². The van der Waals surface area contributed by atoms with E-state index < -0.39 is 5.54 Å². The molecule has 2 heterocycles. The molecule has 0 bridgehead atoms. The number of aryl methyl sites for hydroxylation is 1. The van der Waals surface area contributed by atoms with Crippen LogP contribution >= 0.6 is 0 Å². The molecule has 0 radical (unpaired) electrons. The summed E-state index contributed by atoms with van der Waals surface area (Å²) >= 11 is 0. The van der Waals surface area contributed by atoms with Gasteiger partial charge in [-0.05, 0) is 31.4 Å². The second-order valence-corrected chi connectivity index (χ2v) is 4.48. The van der Waals surface area contributed by atoms with Gasteiger partial charge in [-0.3, -0.25) is 4.98 Å². The highest BCUT2D eigenvalue weighted by Gasteiger charge is 2.30. The van der Waals surface area contributed by atoms with Gasteiger partial charge in [0.05, 0.1) is 5.54 Å². The largest absolute Gasteiger partial charge is 0.337 e. The molecule has 96 valence electrons. The van der Waals surface area contributed by atoms with Crippen molar-refractivity contribution in [2.75, 3.05) is 0 Å². The molecule has 0 spiro atoms. The Morgan fingerprint density at radius 2 is 2.06 bits per heavy atom. The first-order valence-corrected chi connectivity index (χ1v) is 6.14. The zero-order chi connectivity index (χ0) is 13.2. The monoisotopic (exact) mass is 246 g/mol. The minimum atomic E-state index is -0.536. The standard InChI is InChI=1S/C13H18N4O/c1-4-13(14,5-2)12-16-11(17-18-12)10-6-7-15-8-9(10)3/h6-8H,4-5,14H2,1-3H3. The molecule has 0 saturated heterocycles. The average molecular weight is 246 g/mol. The van der Waals surface area contributed by atoms with Gasteiger partial charge in [-0.2, -0.15) is 4.98 Å². The minimum Gasteiger partial charge on any atom is -0.337 e. The molecule has 18 heavy (non-hydrogen) atoms. The van der Waals surface area contributed by atoms with Gasteiger partial charge in [0.1, 0.15) is 0 Å². The van der Waals surface area contributed by atoms with Crippen molar-refractivity contribution in [3.63, 3.8) is 0 Å². The van der Waals surface area contributed by atoms with Crippen molar-refractivity contribution in [3.05, 3.63) is 29.9 Å². The zero-order valence-corrected chi connectivity index (χ0v) is 11.0. The molecule has 2 aromatic heterocycles. The highest BCUT2D eigenvalue weighted by Crippen LogP contribution is 2.27. The molecule has 0 aliphatic rings. The molecular formula is C13H18N4O. The lowest BCUT2D eigenvalue weighted by molar-refractivity contribution is 0.268. The molecule has 0 saturated carbocycles. The first-order chi connectivity index (χ1) is 8.60. The molecule has 0 atom stereocenters. The van der Waals surface area contributed by atoms with Crippen LogP contribution < -0.4 is 5.73 Å². The van der Waals surface area contributed by atoms with Crippen LogP contribution in [0.1, 0.15) is 38.1 Å². The van der Waals surface area contributed by atoms with Crippen molar-refractivity contribution in [3.8, 4) is 11.4 Å². The number of hydrogen-bond donors (Lipinski definition) is 1. The van der Waals surface area contributed by atoms with Gasteiger partial charge in [-0.15, -0.1) is 0 Å². The highest BCUT2D eigenvalue weighted by atomic mass is 16.5. The third-order valence-electron chi connectivity index (χ3n) is 3.37. The number of pyridine rings is 1. The molecule has 5 heteroatoms. The quantitative estimate of drug-likeness (QED) is 0.896. The Balaban J connectivity index is 2.40. The number of rotatable bonds is 4. The Bertz CT molecular complexity index is 531. The fourth-order valence-electron chi connectivity index (χ4n) is 1.81. The van der Waals surface area contributed by atoms with Crippen molar-refractivity contribution in [2.45, 2.75) is 39.2 Å². The van der Waals surface area contributed by atoms with Crippen LogP contribution in [-0.4, -0.2) is 15.1 Å². The van der Waals surface area contributed by atoms with Crippen molar-refractivity contribution in [2.24, 2.45) is 5.73 Å². The van der Waals surface area contributed by atoms with Crippen LogP contribution in [0.2, 0.25) is 0 Å². The van der Waals surface area contributed by atoms with E-state index in [1.165, 1.54) is 0 Å². The van der Waals surface area contributed by atoms with Crippen LogP contribution in [0.5, 0.6) is 0 Å². The molecule has 2 aromatic rings. The fourth-order valence-corrected chi connectivity index (χ4v) is 1.81. The predicted molar refractivity (Wildman–Crippen MR) is 68.7 cm³/mol. The van der Waals surface area contributed by atoms with E-state index in [4.69, 9.17) is 10.3 Å². The summed E-state index contributed by atoms with van der Waals surface area (Å²) < 4.78 is 5.31. The molecule has 0 aliphatic heterocycles. The lowest BCUT2D eigenvalue weighted by atomic mass is 9.94. The summed E-state index contributed by atoms with van der Waals surface area (Å²) in [5.74, 6) is 1.07. The second kappa shape index (κ2) is 4.86. The van der Waals surface area contributed by atoms with Crippen LogP contribution in [0, 0.1) is 6.92 Å². The van der Waals surface area contributed by atoms with Crippen LogP contribution in [0.15, 0.2) is 23.0 Å². The van der Waals surface area contributed by atoms with Gasteiger partial charge >= 0.3 is 0 Å². The van der Waals surface area contributed by atoms with E-state index >= 15 is 0 Å². The Labute approximate surface area is 106 Å². The van der Waals surface area contributed by atoms with Gasteiger partial charge < -0.3 is 10.3 Å². The SMILES string of the molecule is CCC(N)(CC)c1nc(-c2ccncc2C)no1. The Kier molecular flexibility index (Phi) is 3.43. The van der Waals surface area contributed by atoms with Gasteiger partial charge in [0.25, 0.3) is 0 Å². The van der Waals surface area contributed by atoms with Gasteiger partial charge in [-0.25, -0.2) is 0 Å². The highest BCUT2D eigenvalue weighted by molar-refractivity contribution is 5.58. The maximum Gasteiger partial charge on any atom is 0.247 e. The molecule has 2 rings (SSSR count). The minimum absolute atomic E-state index is 0.499. The van der Waals surface area contributed by atoms with E-state index in [2.05, 4.69) is 15.1 Å². The Morgan fingerprint density at radius 1 is 1.33 bits per heavy atom. The molecule has 0 aromatic carbocycles. The van der Waals surface area contributed by atoms with Crippen LogP contribution in [-0.2, 0) is 5.54 Å². The molecule has 0 fully saturated rings. The lowest BCUT2D eigenvalue weighted by Crippen LogP contribution is -2.35. The second-order valence-electron chi connectivity index (χ2n) is 4.48. The van der Waals surface area contributed by atoms with E-state index in [0.717, 1.165) is 24.0 Å². The van der Waals surface area contributed by atoms with Crippen molar-refractivity contribution < 1.29 is 4.52 Å². The zero-order valence-electron chi connectivity index (χ0n) is 11.0. The van der Waals surface area contributed by atoms with E-state index in [9.17, 15) is 0 Å². The fraction of sp³-hybridized carbons (Fsp3) is 0.462. The number of nitrogens with zero attached hydrogens (tertiary/aromatic N) is 3. The summed E-state index contributed by atoms with van der Waals surface area (Å²) in [6.07, 6.45) is 5.02. The lowest BCUT2D eigenvalue weighted by Gasteiger charge is -2.20. The first-order valence-electron chi connectivity index (χ1n) is 6.14. The summed E-state index contributed by atoms with van der Waals surface area (Å²) in [4.78, 5) is 8.47. The van der Waals surface area contributed by atoms with Gasteiger partial charge in [0, 0.05) is 18.0 Å². The molecule has 0 amide bonds. The molecular weight excluding hydrogens is 228 g/mol. The Hall–Kier alpha value is -1.75. The number of aromatic nitrogens is 3. The summed E-state index contributed by atoms with van der Waals surface area (Å²) in [6, 6.07) is 1.88. The molecule has 0 unspecified atom stereocenters. The van der Waals surface area contributed by atoms with E-state index in [1.807, 2.05) is 26.8 Å². The molecule has 2 N–H and O–H groups in total. The van der Waals surface area contributed by atoms with E-state index in [0.29, 0.717) is 11.7 Å². The van der Waals surface area contributed by atoms with Crippen LogP contribution in [0.4, 0.5) is 0 Å².